The lowest BCUT2D eigenvalue weighted by atomic mass is 10.6. The van der Waals surface area contributed by atoms with E-state index in [2.05, 4.69) is 4.98 Å². The van der Waals surface area contributed by atoms with Gasteiger partial charge in [0.25, 0.3) is 0 Å². The Hall–Kier alpha value is -0.490. The topological polar surface area (TPSA) is 88.9 Å². The molecule has 0 aliphatic heterocycles. The first-order valence-corrected chi connectivity index (χ1v) is 11.3. The molecule has 0 aromatic carbocycles. The maximum Gasteiger partial charge on any atom is 0.347 e. The minimum absolute atomic E-state index is 0.0976. The molecule has 0 aliphatic rings. The molecule has 0 unspecified atom stereocenters. The van der Waals surface area contributed by atoms with Gasteiger partial charge in [0.15, 0.2) is 5.40 Å². The quantitative estimate of drug-likeness (QED) is 0.504. The van der Waals surface area contributed by atoms with Crippen LogP contribution in [0.1, 0.15) is 33.5 Å². The van der Waals surface area contributed by atoms with Crippen LogP contribution in [0.3, 0.4) is 0 Å². The van der Waals surface area contributed by atoms with Gasteiger partial charge in [0, 0.05) is 18.9 Å². The van der Waals surface area contributed by atoms with E-state index in [9.17, 15) is 9.13 Å². The highest BCUT2D eigenvalue weighted by molar-refractivity contribution is 7.72. The highest BCUT2D eigenvalue weighted by Crippen LogP contribution is 2.70. The third-order valence-electron chi connectivity index (χ3n) is 3.25. The SMILES string of the molecule is CCOP(=O)(OCC)C(Cn1ccnc1C)P(=O)(OCC)OCC. The summed E-state index contributed by atoms with van der Waals surface area (Å²) in [5.74, 6) is 0.694. The van der Waals surface area contributed by atoms with Crippen LogP contribution in [0.5, 0.6) is 0 Å². The van der Waals surface area contributed by atoms with Crippen molar-refractivity contribution in [1.82, 2.24) is 9.55 Å². The van der Waals surface area contributed by atoms with E-state index in [1.54, 1.807) is 51.6 Å². The molecule has 1 aromatic heterocycles. The van der Waals surface area contributed by atoms with Gasteiger partial charge in [0.2, 0.25) is 0 Å². The van der Waals surface area contributed by atoms with Crippen LogP contribution < -0.4 is 0 Å². The van der Waals surface area contributed by atoms with Crippen LogP contribution in [0.4, 0.5) is 0 Å². The van der Waals surface area contributed by atoms with Gasteiger partial charge in [0.1, 0.15) is 5.82 Å². The summed E-state index contributed by atoms with van der Waals surface area (Å²) in [4.78, 5) is 4.14. The van der Waals surface area contributed by atoms with Gasteiger partial charge in [-0.3, -0.25) is 9.13 Å². The third kappa shape index (κ3) is 5.25. The summed E-state index contributed by atoms with van der Waals surface area (Å²) in [6.07, 6.45) is 3.33. The Morgan fingerprint density at radius 2 is 1.38 bits per heavy atom. The van der Waals surface area contributed by atoms with Crippen LogP contribution >= 0.6 is 15.2 Å². The molecule has 1 heterocycles. The molecule has 0 saturated heterocycles. The van der Waals surface area contributed by atoms with Crippen molar-refractivity contribution in [3.05, 3.63) is 18.2 Å². The molecular formula is C14H28N2O6P2. The summed E-state index contributed by atoms with van der Waals surface area (Å²) in [5.41, 5.74) is 0. The van der Waals surface area contributed by atoms with Gasteiger partial charge in [-0.15, -0.1) is 0 Å². The predicted molar refractivity (Wildman–Crippen MR) is 92.5 cm³/mol. The van der Waals surface area contributed by atoms with Crippen molar-refractivity contribution in [3.63, 3.8) is 0 Å². The van der Waals surface area contributed by atoms with Gasteiger partial charge in [-0.2, -0.15) is 0 Å². The second kappa shape index (κ2) is 9.85. The van der Waals surface area contributed by atoms with E-state index in [0.29, 0.717) is 5.82 Å². The van der Waals surface area contributed by atoms with Gasteiger partial charge < -0.3 is 22.7 Å². The number of rotatable bonds is 12. The van der Waals surface area contributed by atoms with Gasteiger partial charge >= 0.3 is 15.2 Å². The van der Waals surface area contributed by atoms with E-state index in [1.165, 1.54) is 0 Å². The third-order valence-corrected chi connectivity index (χ3v) is 9.21. The van der Waals surface area contributed by atoms with E-state index >= 15 is 0 Å². The summed E-state index contributed by atoms with van der Waals surface area (Å²) >= 11 is 0. The molecule has 0 amide bonds. The zero-order valence-corrected chi connectivity index (χ0v) is 16.8. The first kappa shape index (κ1) is 21.6. The van der Waals surface area contributed by atoms with Gasteiger partial charge in [0.05, 0.1) is 26.4 Å². The lowest BCUT2D eigenvalue weighted by Crippen LogP contribution is -2.23. The van der Waals surface area contributed by atoms with Crippen LogP contribution in [0.25, 0.3) is 0 Å². The van der Waals surface area contributed by atoms with Crippen LogP contribution in [0.15, 0.2) is 12.4 Å². The normalized spacial score (nSPS) is 12.9. The van der Waals surface area contributed by atoms with E-state index in [0.717, 1.165) is 0 Å². The minimum Gasteiger partial charge on any atom is -0.334 e. The highest BCUT2D eigenvalue weighted by atomic mass is 31.2. The Labute approximate surface area is 143 Å². The van der Waals surface area contributed by atoms with Gasteiger partial charge in [-0.1, -0.05) is 0 Å². The fourth-order valence-electron chi connectivity index (χ4n) is 2.28. The summed E-state index contributed by atoms with van der Waals surface area (Å²) < 4.78 is 50.1. The van der Waals surface area contributed by atoms with Crippen LogP contribution in [0.2, 0.25) is 0 Å². The Morgan fingerprint density at radius 3 is 1.67 bits per heavy atom. The molecule has 1 rings (SSSR count). The summed E-state index contributed by atoms with van der Waals surface area (Å²) in [5, 5.41) is -1.07. The molecule has 0 radical (unpaired) electrons. The summed E-state index contributed by atoms with van der Waals surface area (Å²) in [7, 11) is -7.47. The van der Waals surface area contributed by atoms with Crippen molar-refractivity contribution in [1.29, 1.82) is 0 Å². The molecule has 10 heteroatoms. The summed E-state index contributed by atoms with van der Waals surface area (Å²) in [6, 6.07) is 0. The average molecular weight is 382 g/mol. The number of hydrogen-bond acceptors (Lipinski definition) is 7. The molecule has 8 nitrogen and oxygen atoms in total. The maximum absolute atomic E-state index is 13.3. The zero-order chi connectivity index (χ0) is 18.2. The Morgan fingerprint density at radius 1 is 0.958 bits per heavy atom. The second-order valence-electron chi connectivity index (χ2n) is 4.86. The minimum atomic E-state index is -3.73. The molecule has 0 saturated carbocycles. The van der Waals surface area contributed by atoms with Crippen molar-refractivity contribution >= 4 is 15.2 Å². The zero-order valence-electron chi connectivity index (χ0n) is 15.0. The molecular weight excluding hydrogens is 354 g/mol. The maximum atomic E-state index is 13.3. The molecule has 0 fully saturated rings. The second-order valence-corrected chi connectivity index (χ2v) is 9.70. The van der Waals surface area contributed by atoms with E-state index in [4.69, 9.17) is 18.1 Å². The van der Waals surface area contributed by atoms with Crippen molar-refractivity contribution in [3.8, 4) is 0 Å². The molecule has 140 valence electrons. The molecule has 0 atom stereocenters. The molecule has 0 bridgehead atoms. The fourth-order valence-corrected chi connectivity index (χ4v) is 7.50. The number of hydrogen-bond donors (Lipinski definition) is 0. The average Bonchev–Trinajstić information content (AvgIpc) is 2.91. The number of imidazole rings is 1. The standard InChI is InChI=1S/C14H28N2O6P2/c1-6-19-23(17,20-7-2)14(12-16-11-10-15-13(16)5)24(18,21-8-3)22-9-4/h10-11,14H,6-9,12H2,1-5H3. The van der Waals surface area contributed by atoms with Crippen molar-refractivity contribution < 1.29 is 27.2 Å². The van der Waals surface area contributed by atoms with Crippen LogP contribution in [-0.2, 0) is 33.8 Å². The fraction of sp³-hybridized carbons (Fsp3) is 0.786. The monoisotopic (exact) mass is 382 g/mol. The van der Waals surface area contributed by atoms with Crippen LogP contribution in [-0.4, -0.2) is 41.4 Å². The number of aryl methyl sites for hydroxylation is 1. The summed E-state index contributed by atoms with van der Waals surface area (Å²) in [6.45, 7) is 9.37. The van der Waals surface area contributed by atoms with E-state index in [-0.39, 0.29) is 33.0 Å². The van der Waals surface area contributed by atoms with Crippen molar-refractivity contribution in [2.45, 2.75) is 46.6 Å². The van der Waals surface area contributed by atoms with Crippen molar-refractivity contribution in [2.75, 3.05) is 26.4 Å². The first-order valence-electron chi connectivity index (χ1n) is 8.12. The number of aromatic nitrogens is 2. The first-order chi connectivity index (χ1) is 11.4. The lowest BCUT2D eigenvalue weighted by molar-refractivity contribution is 0.192. The van der Waals surface area contributed by atoms with Crippen molar-refractivity contribution in [2.24, 2.45) is 0 Å². The Bertz CT molecular complexity index is 542. The molecule has 24 heavy (non-hydrogen) atoms. The molecule has 1 aromatic rings. The lowest BCUT2D eigenvalue weighted by Gasteiger charge is -2.31. The smallest absolute Gasteiger partial charge is 0.334 e. The van der Waals surface area contributed by atoms with E-state index < -0.39 is 20.6 Å². The largest absolute Gasteiger partial charge is 0.347 e. The molecule has 0 aliphatic carbocycles. The van der Waals surface area contributed by atoms with Gasteiger partial charge in [-0.25, -0.2) is 4.98 Å². The Balaban J connectivity index is 3.34. The van der Waals surface area contributed by atoms with Gasteiger partial charge in [-0.05, 0) is 34.6 Å². The Kier molecular flexibility index (Phi) is 8.85. The predicted octanol–water partition coefficient (Wildman–Crippen LogP) is 4.05. The molecule has 0 N–H and O–H groups in total. The van der Waals surface area contributed by atoms with E-state index in [1.807, 2.05) is 0 Å². The molecule has 0 spiro atoms. The number of nitrogens with zero attached hydrogens (tertiary/aromatic N) is 2. The van der Waals surface area contributed by atoms with Crippen LogP contribution in [0, 0.1) is 6.92 Å². The highest BCUT2D eigenvalue weighted by Gasteiger charge is 2.51.